The molecule has 1 aliphatic rings. The summed E-state index contributed by atoms with van der Waals surface area (Å²) in [4.78, 5) is 18.8. The van der Waals surface area contributed by atoms with E-state index in [0.717, 1.165) is 37.6 Å². The van der Waals surface area contributed by atoms with Crippen molar-refractivity contribution in [2.24, 2.45) is 0 Å². The number of ether oxygens (including phenoxy) is 1. The Hall–Kier alpha value is -2.05. The molecule has 3 rings (SSSR count). The molecular weight excluding hydrogens is 270 g/mol. The first kappa shape index (κ1) is 13.9. The van der Waals surface area contributed by atoms with E-state index < -0.39 is 6.10 Å². The minimum Gasteiger partial charge on any atom is -0.382 e. The fourth-order valence-corrected chi connectivity index (χ4v) is 2.61. The smallest absolute Gasteiger partial charge is 0.323 e. The number of aliphatic hydroxyl groups is 1. The zero-order valence-corrected chi connectivity index (χ0v) is 11.9. The largest absolute Gasteiger partial charge is 0.382 e. The van der Waals surface area contributed by atoms with Crippen molar-refractivity contribution in [2.45, 2.75) is 13.0 Å². The first-order valence-electron chi connectivity index (χ1n) is 7.04. The molecule has 2 heterocycles. The molecular formula is C15H19N3O3. The van der Waals surface area contributed by atoms with E-state index in [9.17, 15) is 9.90 Å². The molecule has 6 nitrogen and oxygen atoms in total. The van der Waals surface area contributed by atoms with Crippen LogP contribution in [0.4, 0.5) is 5.69 Å². The van der Waals surface area contributed by atoms with Crippen molar-refractivity contribution in [3.63, 3.8) is 0 Å². The molecule has 3 N–H and O–H groups in total. The van der Waals surface area contributed by atoms with Crippen LogP contribution in [0.15, 0.2) is 29.1 Å². The highest BCUT2D eigenvalue weighted by Gasteiger charge is 2.17. The van der Waals surface area contributed by atoms with Crippen LogP contribution in [0.2, 0.25) is 0 Å². The lowest BCUT2D eigenvalue weighted by molar-refractivity contribution is 0.122. The highest BCUT2D eigenvalue weighted by Crippen LogP contribution is 2.24. The maximum absolute atomic E-state index is 11.3. The number of H-pyrrole nitrogens is 2. The molecule has 1 fully saturated rings. The number of aryl methyl sites for hydroxylation is 1. The number of benzene rings is 1. The highest BCUT2D eigenvalue weighted by atomic mass is 16.5. The van der Waals surface area contributed by atoms with E-state index in [4.69, 9.17) is 4.74 Å². The van der Waals surface area contributed by atoms with E-state index in [0.29, 0.717) is 11.4 Å². The van der Waals surface area contributed by atoms with Gasteiger partial charge < -0.3 is 24.7 Å². The van der Waals surface area contributed by atoms with Gasteiger partial charge in [-0.1, -0.05) is 12.1 Å². The Morgan fingerprint density at radius 2 is 1.86 bits per heavy atom. The third-order valence-electron chi connectivity index (χ3n) is 3.81. The van der Waals surface area contributed by atoms with Crippen LogP contribution in [-0.2, 0) is 4.74 Å². The number of rotatable bonds is 3. The topological polar surface area (TPSA) is 81.3 Å². The molecule has 1 aromatic heterocycles. The van der Waals surface area contributed by atoms with Gasteiger partial charge in [0.2, 0.25) is 0 Å². The lowest BCUT2D eigenvalue weighted by Gasteiger charge is -2.29. The number of hydrogen-bond acceptors (Lipinski definition) is 4. The van der Waals surface area contributed by atoms with E-state index in [-0.39, 0.29) is 5.69 Å². The van der Waals surface area contributed by atoms with Gasteiger partial charge in [-0.05, 0) is 24.6 Å². The highest BCUT2D eigenvalue weighted by molar-refractivity contribution is 5.48. The summed E-state index contributed by atoms with van der Waals surface area (Å²) in [6, 6.07) is 7.76. The van der Waals surface area contributed by atoms with Gasteiger partial charge in [0.1, 0.15) is 6.10 Å². The predicted octanol–water partition coefficient (Wildman–Crippen LogP) is 0.930. The molecule has 112 valence electrons. The Morgan fingerprint density at radius 1 is 1.19 bits per heavy atom. The molecule has 2 aromatic rings. The van der Waals surface area contributed by atoms with Crippen molar-refractivity contribution in [1.29, 1.82) is 0 Å². The molecule has 0 bridgehead atoms. The van der Waals surface area contributed by atoms with E-state index in [1.807, 2.05) is 24.3 Å². The summed E-state index contributed by atoms with van der Waals surface area (Å²) in [6.07, 6.45) is -0.831. The Morgan fingerprint density at radius 3 is 2.43 bits per heavy atom. The van der Waals surface area contributed by atoms with Crippen molar-refractivity contribution in [3.05, 3.63) is 51.7 Å². The zero-order valence-electron chi connectivity index (χ0n) is 11.9. The Labute approximate surface area is 122 Å². The second kappa shape index (κ2) is 5.75. The van der Waals surface area contributed by atoms with Crippen molar-refractivity contribution in [3.8, 4) is 0 Å². The summed E-state index contributed by atoms with van der Waals surface area (Å²) < 4.78 is 5.34. The van der Waals surface area contributed by atoms with Gasteiger partial charge in [-0.15, -0.1) is 0 Å². The maximum atomic E-state index is 11.3. The Balaban J connectivity index is 1.80. The van der Waals surface area contributed by atoms with E-state index >= 15 is 0 Å². The van der Waals surface area contributed by atoms with Gasteiger partial charge >= 0.3 is 5.69 Å². The van der Waals surface area contributed by atoms with E-state index in [1.54, 1.807) is 6.92 Å². The summed E-state index contributed by atoms with van der Waals surface area (Å²) >= 11 is 0. The molecule has 6 heteroatoms. The lowest BCUT2D eigenvalue weighted by atomic mass is 10.0. The summed E-state index contributed by atoms with van der Waals surface area (Å²) in [5.74, 6) is 0. The SMILES string of the molecule is Cc1[nH]c(=O)[nH]c1C(O)c1ccc(N2CCOCC2)cc1. The lowest BCUT2D eigenvalue weighted by Crippen LogP contribution is -2.36. The van der Waals surface area contributed by atoms with Crippen molar-refractivity contribution in [2.75, 3.05) is 31.2 Å². The fraction of sp³-hybridized carbons (Fsp3) is 0.400. The first-order chi connectivity index (χ1) is 10.1. The average molecular weight is 289 g/mol. The monoisotopic (exact) mass is 289 g/mol. The number of morpholine rings is 1. The fourth-order valence-electron chi connectivity index (χ4n) is 2.61. The van der Waals surface area contributed by atoms with Crippen LogP contribution in [0, 0.1) is 6.92 Å². The third kappa shape index (κ3) is 2.86. The van der Waals surface area contributed by atoms with Crippen molar-refractivity contribution < 1.29 is 9.84 Å². The number of aliphatic hydroxyl groups excluding tert-OH is 1. The average Bonchev–Trinajstić information content (AvgIpc) is 2.86. The number of hydrogen-bond donors (Lipinski definition) is 3. The molecule has 1 unspecified atom stereocenters. The molecule has 0 aliphatic carbocycles. The number of nitrogens with zero attached hydrogens (tertiary/aromatic N) is 1. The molecule has 0 radical (unpaired) electrons. The molecule has 0 saturated carbocycles. The second-order valence-electron chi connectivity index (χ2n) is 5.21. The molecule has 0 spiro atoms. The molecule has 1 saturated heterocycles. The van der Waals surface area contributed by atoms with Crippen LogP contribution in [0.25, 0.3) is 0 Å². The zero-order chi connectivity index (χ0) is 14.8. The van der Waals surface area contributed by atoms with Gasteiger partial charge in [-0.3, -0.25) is 0 Å². The molecule has 1 aliphatic heterocycles. The van der Waals surface area contributed by atoms with Crippen LogP contribution in [0.1, 0.15) is 23.1 Å². The summed E-state index contributed by atoms with van der Waals surface area (Å²) in [7, 11) is 0. The van der Waals surface area contributed by atoms with Gasteiger partial charge in [0, 0.05) is 24.5 Å². The quantitative estimate of drug-likeness (QED) is 0.785. The number of anilines is 1. The Kier molecular flexibility index (Phi) is 3.81. The molecule has 1 atom stereocenters. The standard InChI is InChI=1S/C15H19N3O3/c1-10-13(17-15(20)16-10)14(19)11-2-4-12(5-3-11)18-6-8-21-9-7-18/h2-5,14,19H,6-9H2,1H3,(H2,16,17,20). The third-order valence-corrected chi connectivity index (χ3v) is 3.81. The maximum Gasteiger partial charge on any atom is 0.323 e. The normalized spacial score (nSPS) is 17.0. The van der Waals surface area contributed by atoms with Gasteiger partial charge in [0.15, 0.2) is 0 Å². The molecule has 1 aromatic carbocycles. The van der Waals surface area contributed by atoms with Crippen LogP contribution in [0.5, 0.6) is 0 Å². The minimum atomic E-state index is -0.831. The van der Waals surface area contributed by atoms with Crippen LogP contribution >= 0.6 is 0 Å². The van der Waals surface area contributed by atoms with Gasteiger partial charge in [0.25, 0.3) is 0 Å². The van der Waals surface area contributed by atoms with Crippen molar-refractivity contribution >= 4 is 5.69 Å². The summed E-state index contributed by atoms with van der Waals surface area (Å²) in [5.41, 5.74) is 2.74. The van der Waals surface area contributed by atoms with Crippen LogP contribution < -0.4 is 10.6 Å². The minimum absolute atomic E-state index is 0.300. The van der Waals surface area contributed by atoms with Crippen LogP contribution in [0.3, 0.4) is 0 Å². The van der Waals surface area contributed by atoms with Crippen molar-refractivity contribution in [1.82, 2.24) is 9.97 Å². The summed E-state index contributed by atoms with van der Waals surface area (Å²) in [6.45, 7) is 5.01. The summed E-state index contributed by atoms with van der Waals surface area (Å²) in [5, 5.41) is 10.4. The molecule has 0 amide bonds. The number of imidazole rings is 1. The van der Waals surface area contributed by atoms with Crippen LogP contribution in [-0.4, -0.2) is 41.4 Å². The van der Waals surface area contributed by atoms with E-state index in [1.165, 1.54) is 0 Å². The van der Waals surface area contributed by atoms with Gasteiger partial charge in [-0.2, -0.15) is 0 Å². The molecule has 21 heavy (non-hydrogen) atoms. The second-order valence-corrected chi connectivity index (χ2v) is 5.21. The number of nitrogens with one attached hydrogen (secondary N) is 2. The van der Waals surface area contributed by atoms with Gasteiger partial charge in [0.05, 0.1) is 18.9 Å². The predicted molar refractivity (Wildman–Crippen MR) is 79.7 cm³/mol. The Bertz CT molecular complexity index is 654. The number of aromatic nitrogens is 2. The first-order valence-corrected chi connectivity index (χ1v) is 7.04. The van der Waals surface area contributed by atoms with Gasteiger partial charge in [-0.25, -0.2) is 4.79 Å². The van der Waals surface area contributed by atoms with E-state index in [2.05, 4.69) is 14.9 Å². The number of aromatic amines is 2.